The number of hydrogen-bond acceptors (Lipinski definition) is 7. The number of nitrogens with one attached hydrogen (secondary N) is 1. The van der Waals surface area contributed by atoms with Gasteiger partial charge in [-0.15, -0.1) is 0 Å². The molecule has 3 rings (SSSR count). The van der Waals surface area contributed by atoms with Crippen LogP contribution in [0.3, 0.4) is 0 Å². The molecule has 0 aromatic heterocycles. The SMILES string of the molecule is COc1cc(C=Cc2cccc(N/C=C\C(=O)c3ccc([N+](=O)[O-])cc3)c2)cc(OC)c1OC. The van der Waals surface area contributed by atoms with E-state index in [1.165, 1.54) is 36.5 Å². The lowest BCUT2D eigenvalue weighted by Gasteiger charge is -2.12. The molecule has 3 aromatic carbocycles. The Morgan fingerprint density at radius 1 is 0.882 bits per heavy atom. The van der Waals surface area contributed by atoms with Crippen LogP contribution in [0.5, 0.6) is 17.2 Å². The van der Waals surface area contributed by atoms with Crippen LogP contribution in [0, 0.1) is 10.1 Å². The molecule has 0 saturated carbocycles. The van der Waals surface area contributed by atoms with Gasteiger partial charge < -0.3 is 19.5 Å². The van der Waals surface area contributed by atoms with Gasteiger partial charge in [-0.1, -0.05) is 24.3 Å². The highest BCUT2D eigenvalue weighted by Gasteiger charge is 2.12. The van der Waals surface area contributed by atoms with Gasteiger partial charge in [-0.05, 0) is 47.5 Å². The Bertz CT molecular complexity index is 1210. The summed E-state index contributed by atoms with van der Waals surface area (Å²) in [5, 5.41) is 13.8. The molecule has 0 bridgehead atoms. The van der Waals surface area contributed by atoms with Crippen molar-refractivity contribution in [1.82, 2.24) is 0 Å². The molecule has 8 heteroatoms. The zero-order valence-electron chi connectivity index (χ0n) is 19.0. The lowest BCUT2D eigenvalue weighted by molar-refractivity contribution is -0.384. The molecule has 0 atom stereocenters. The largest absolute Gasteiger partial charge is 0.493 e. The van der Waals surface area contributed by atoms with E-state index in [-0.39, 0.29) is 11.5 Å². The predicted octanol–water partition coefficient (Wildman–Crippen LogP) is 5.60. The van der Waals surface area contributed by atoms with Crippen molar-refractivity contribution < 1.29 is 23.9 Å². The fourth-order valence-corrected chi connectivity index (χ4v) is 3.18. The second-order valence-electron chi connectivity index (χ2n) is 7.06. The van der Waals surface area contributed by atoms with E-state index < -0.39 is 4.92 Å². The van der Waals surface area contributed by atoms with E-state index in [9.17, 15) is 14.9 Å². The lowest BCUT2D eigenvalue weighted by atomic mass is 10.1. The van der Waals surface area contributed by atoms with Crippen molar-refractivity contribution in [3.8, 4) is 17.2 Å². The highest BCUT2D eigenvalue weighted by atomic mass is 16.6. The molecular formula is C26H24N2O6. The molecule has 3 aromatic rings. The van der Waals surface area contributed by atoms with Crippen LogP contribution < -0.4 is 19.5 Å². The zero-order valence-corrected chi connectivity index (χ0v) is 19.0. The van der Waals surface area contributed by atoms with Crippen molar-refractivity contribution in [3.63, 3.8) is 0 Å². The maximum absolute atomic E-state index is 12.3. The molecule has 1 N–H and O–H groups in total. The number of nitrogens with zero attached hydrogens (tertiary/aromatic N) is 1. The number of rotatable bonds is 10. The number of carbonyl (C=O) groups is 1. The summed E-state index contributed by atoms with van der Waals surface area (Å²) >= 11 is 0. The number of benzene rings is 3. The first kappa shape index (κ1) is 24.1. The fourth-order valence-electron chi connectivity index (χ4n) is 3.18. The minimum absolute atomic E-state index is 0.0601. The van der Waals surface area contributed by atoms with Gasteiger partial charge in [0, 0.05) is 35.7 Å². The highest BCUT2D eigenvalue weighted by Crippen LogP contribution is 2.38. The van der Waals surface area contributed by atoms with Crippen LogP contribution in [0.25, 0.3) is 12.2 Å². The quantitative estimate of drug-likeness (QED) is 0.138. The average Bonchev–Trinajstić information content (AvgIpc) is 2.86. The first-order valence-electron chi connectivity index (χ1n) is 10.2. The predicted molar refractivity (Wildman–Crippen MR) is 132 cm³/mol. The van der Waals surface area contributed by atoms with E-state index in [4.69, 9.17) is 14.2 Å². The number of carbonyl (C=O) groups excluding carboxylic acids is 1. The molecule has 0 fully saturated rings. The van der Waals surface area contributed by atoms with Gasteiger partial charge in [-0.2, -0.15) is 0 Å². The molecule has 0 amide bonds. The Hall–Kier alpha value is -4.59. The maximum Gasteiger partial charge on any atom is 0.269 e. The Morgan fingerprint density at radius 3 is 2.12 bits per heavy atom. The molecule has 0 aliphatic heterocycles. The summed E-state index contributed by atoms with van der Waals surface area (Å²) in [6.45, 7) is 0. The molecule has 0 aliphatic rings. The van der Waals surface area contributed by atoms with Crippen molar-refractivity contribution in [2.75, 3.05) is 26.6 Å². The highest BCUT2D eigenvalue weighted by molar-refractivity contribution is 6.04. The van der Waals surface area contributed by atoms with Crippen LogP contribution in [0.2, 0.25) is 0 Å². The van der Waals surface area contributed by atoms with Crippen LogP contribution in [-0.2, 0) is 0 Å². The maximum atomic E-state index is 12.3. The number of nitro benzene ring substituents is 1. The van der Waals surface area contributed by atoms with Crippen molar-refractivity contribution >= 4 is 29.3 Å². The average molecular weight is 460 g/mol. The summed E-state index contributed by atoms with van der Waals surface area (Å²) in [5.74, 6) is 1.41. The molecule has 34 heavy (non-hydrogen) atoms. The van der Waals surface area contributed by atoms with Gasteiger partial charge in [0.15, 0.2) is 17.3 Å². The fraction of sp³-hybridized carbons (Fsp3) is 0.115. The van der Waals surface area contributed by atoms with Gasteiger partial charge in [-0.25, -0.2) is 0 Å². The van der Waals surface area contributed by atoms with Gasteiger partial charge in [-0.3, -0.25) is 14.9 Å². The number of nitro groups is 1. The molecule has 0 saturated heterocycles. The second-order valence-corrected chi connectivity index (χ2v) is 7.06. The smallest absolute Gasteiger partial charge is 0.269 e. The van der Waals surface area contributed by atoms with Crippen LogP contribution in [0.15, 0.2) is 72.9 Å². The Kier molecular flexibility index (Phi) is 8.02. The van der Waals surface area contributed by atoms with E-state index in [0.717, 1.165) is 16.8 Å². The number of methoxy groups -OCH3 is 3. The summed E-state index contributed by atoms with van der Waals surface area (Å²) < 4.78 is 16.1. The van der Waals surface area contributed by atoms with E-state index in [0.29, 0.717) is 22.8 Å². The summed E-state index contributed by atoms with van der Waals surface area (Å²) in [4.78, 5) is 22.5. The van der Waals surface area contributed by atoms with E-state index in [1.54, 1.807) is 21.3 Å². The number of non-ortho nitro benzene ring substituents is 1. The zero-order chi connectivity index (χ0) is 24.5. The van der Waals surface area contributed by atoms with E-state index in [2.05, 4.69) is 5.32 Å². The number of anilines is 1. The summed E-state index contributed by atoms with van der Waals surface area (Å²) in [7, 11) is 4.70. The number of ether oxygens (including phenoxy) is 3. The number of allylic oxidation sites excluding steroid dienone is 1. The molecule has 174 valence electrons. The van der Waals surface area contributed by atoms with Crippen LogP contribution in [0.4, 0.5) is 11.4 Å². The normalized spacial score (nSPS) is 10.9. The topological polar surface area (TPSA) is 99.9 Å². The van der Waals surface area contributed by atoms with Crippen LogP contribution in [-0.4, -0.2) is 32.0 Å². The van der Waals surface area contributed by atoms with Crippen molar-refractivity contribution in [2.45, 2.75) is 0 Å². The molecule has 0 radical (unpaired) electrons. The van der Waals surface area contributed by atoms with E-state index in [1.807, 2.05) is 48.6 Å². The summed E-state index contributed by atoms with van der Waals surface area (Å²) in [6, 6.07) is 16.8. The molecular weight excluding hydrogens is 436 g/mol. The molecule has 0 heterocycles. The first-order valence-corrected chi connectivity index (χ1v) is 10.2. The second kappa shape index (κ2) is 11.3. The van der Waals surface area contributed by atoms with Gasteiger partial charge in [0.1, 0.15) is 0 Å². The molecule has 8 nitrogen and oxygen atoms in total. The first-order chi connectivity index (χ1) is 16.4. The molecule has 0 spiro atoms. The Labute approximate surface area is 197 Å². The van der Waals surface area contributed by atoms with Gasteiger partial charge in [0.25, 0.3) is 5.69 Å². The number of hydrogen-bond donors (Lipinski definition) is 1. The lowest BCUT2D eigenvalue weighted by Crippen LogP contribution is -1.97. The third-order valence-corrected chi connectivity index (χ3v) is 4.89. The summed E-state index contributed by atoms with van der Waals surface area (Å²) in [6.07, 6.45) is 6.78. The van der Waals surface area contributed by atoms with Crippen molar-refractivity contribution in [2.24, 2.45) is 0 Å². The van der Waals surface area contributed by atoms with Crippen molar-refractivity contribution in [1.29, 1.82) is 0 Å². The summed E-state index contributed by atoms with van der Waals surface area (Å²) in [5.41, 5.74) is 2.91. The molecule has 0 unspecified atom stereocenters. The minimum Gasteiger partial charge on any atom is -0.493 e. The van der Waals surface area contributed by atoms with E-state index >= 15 is 0 Å². The van der Waals surface area contributed by atoms with Crippen molar-refractivity contribution in [3.05, 3.63) is 99.7 Å². The number of ketones is 1. The Morgan fingerprint density at radius 2 is 1.53 bits per heavy atom. The Balaban J connectivity index is 1.68. The minimum atomic E-state index is -0.505. The standard InChI is InChI=1S/C26H24N2O6/c1-32-24-16-19(17-25(33-2)26(24)34-3)8-7-18-5-4-6-21(15-18)27-14-13-23(29)20-9-11-22(12-10-20)28(30)31/h4-17,27H,1-3H3/b8-7?,14-13-. The van der Waals surface area contributed by atoms with Crippen LogP contribution in [0.1, 0.15) is 21.5 Å². The monoisotopic (exact) mass is 460 g/mol. The van der Waals surface area contributed by atoms with Gasteiger partial charge in [0.05, 0.1) is 26.3 Å². The third-order valence-electron chi connectivity index (χ3n) is 4.89. The third kappa shape index (κ3) is 6.01. The van der Waals surface area contributed by atoms with Crippen LogP contribution >= 0.6 is 0 Å². The van der Waals surface area contributed by atoms with Gasteiger partial charge in [0.2, 0.25) is 5.75 Å². The molecule has 0 aliphatic carbocycles. The van der Waals surface area contributed by atoms with Gasteiger partial charge >= 0.3 is 0 Å².